The zero-order valence-corrected chi connectivity index (χ0v) is 16.4. The Morgan fingerprint density at radius 3 is 2.68 bits per heavy atom. The number of nitrogens with one attached hydrogen (secondary N) is 2. The molecular weight excluding hydrogens is 393 g/mol. The highest BCUT2D eigenvalue weighted by atomic mass is 127. The minimum atomic E-state index is -1.02. The topological polar surface area (TPSA) is 74.5 Å². The molecule has 2 unspecified atom stereocenters. The number of aliphatic imine (C=N–C) groups is 1. The van der Waals surface area contributed by atoms with Gasteiger partial charge in [-0.3, -0.25) is 4.68 Å². The van der Waals surface area contributed by atoms with Gasteiger partial charge in [0.2, 0.25) is 0 Å². The number of nitrogens with zero attached hydrogens (tertiary/aromatic N) is 3. The van der Waals surface area contributed by atoms with Crippen molar-refractivity contribution in [1.29, 1.82) is 0 Å². The minimum Gasteiger partial charge on any atom is -0.383 e. The maximum atomic E-state index is 10.6. The van der Waals surface area contributed by atoms with Gasteiger partial charge in [0.15, 0.2) is 5.96 Å². The monoisotopic (exact) mass is 421 g/mol. The molecule has 1 heterocycles. The predicted molar refractivity (Wildman–Crippen MR) is 99.5 cm³/mol. The minimum absolute atomic E-state index is 0. The summed E-state index contributed by atoms with van der Waals surface area (Å²) in [6.07, 6.45) is 4.65. The van der Waals surface area contributed by atoms with Crippen molar-refractivity contribution in [2.45, 2.75) is 45.8 Å². The van der Waals surface area contributed by atoms with Gasteiger partial charge in [-0.2, -0.15) is 5.10 Å². The first-order valence-corrected chi connectivity index (χ1v) is 7.51. The molecule has 1 saturated carbocycles. The van der Waals surface area contributed by atoms with Crippen LogP contribution in [0.15, 0.2) is 17.4 Å². The smallest absolute Gasteiger partial charge is 0.191 e. The van der Waals surface area contributed by atoms with Crippen LogP contribution < -0.4 is 10.6 Å². The predicted octanol–water partition coefficient (Wildman–Crippen LogP) is 1.60. The Bertz CT molecular complexity index is 524. The van der Waals surface area contributed by atoms with Crippen molar-refractivity contribution >= 4 is 29.9 Å². The van der Waals surface area contributed by atoms with Gasteiger partial charge in [0.05, 0.1) is 12.7 Å². The Morgan fingerprint density at radius 2 is 2.23 bits per heavy atom. The molecule has 0 saturated heterocycles. The van der Waals surface area contributed by atoms with Gasteiger partial charge < -0.3 is 15.7 Å². The number of guanidine groups is 1. The third-order valence-corrected chi connectivity index (χ3v) is 4.04. The molecule has 22 heavy (non-hydrogen) atoms. The maximum absolute atomic E-state index is 10.6. The molecule has 0 amide bonds. The Balaban J connectivity index is 0.00000242. The molecule has 1 aromatic heterocycles. The lowest BCUT2D eigenvalue weighted by Gasteiger charge is -2.21. The normalized spacial score (nSPS) is 22.5. The summed E-state index contributed by atoms with van der Waals surface area (Å²) < 4.78 is 1.68. The first-order chi connectivity index (χ1) is 9.74. The number of hydrogen-bond donors (Lipinski definition) is 3. The van der Waals surface area contributed by atoms with Gasteiger partial charge in [0.25, 0.3) is 0 Å². The van der Waals surface area contributed by atoms with Crippen molar-refractivity contribution in [1.82, 2.24) is 20.4 Å². The van der Waals surface area contributed by atoms with Crippen LogP contribution in [0, 0.1) is 5.41 Å². The Kier molecular flexibility index (Phi) is 6.26. The van der Waals surface area contributed by atoms with E-state index in [1.165, 1.54) is 0 Å². The van der Waals surface area contributed by atoms with E-state index in [0.29, 0.717) is 18.0 Å². The van der Waals surface area contributed by atoms with Crippen LogP contribution in [-0.2, 0) is 12.6 Å². The lowest BCUT2D eigenvalue weighted by atomic mass is 10.0. The molecule has 1 fully saturated rings. The summed E-state index contributed by atoms with van der Waals surface area (Å²) in [7, 11) is 1.84. The quantitative estimate of drug-likeness (QED) is 0.384. The van der Waals surface area contributed by atoms with Gasteiger partial charge in [0, 0.05) is 31.4 Å². The SMILES string of the molecule is CCNC(=NCC(C)(O)c1cnn(C)c1)NC1CC1(C)C.I. The largest absolute Gasteiger partial charge is 0.383 e. The summed E-state index contributed by atoms with van der Waals surface area (Å²) in [5.41, 5.74) is 0.0916. The van der Waals surface area contributed by atoms with E-state index in [9.17, 15) is 5.11 Å². The van der Waals surface area contributed by atoms with Gasteiger partial charge in [-0.25, -0.2) is 4.99 Å². The molecule has 0 aromatic carbocycles. The highest BCUT2D eigenvalue weighted by Gasteiger charge is 2.46. The first-order valence-electron chi connectivity index (χ1n) is 7.51. The van der Waals surface area contributed by atoms with Crippen LogP contribution in [0.4, 0.5) is 0 Å². The average molecular weight is 421 g/mol. The zero-order chi connectivity index (χ0) is 15.7. The molecular formula is C15H28IN5O. The van der Waals surface area contributed by atoms with Gasteiger partial charge >= 0.3 is 0 Å². The summed E-state index contributed by atoms with van der Waals surface area (Å²) in [5, 5.41) is 21.3. The van der Waals surface area contributed by atoms with Crippen molar-refractivity contribution in [3.63, 3.8) is 0 Å². The number of hydrogen-bond acceptors (Lipinski definition) is 3. The van der Waals surface area contributed by atoms with Crippen LogP contribution in [0.2, 0.25) is 0 Å². The molecule has 3 N–H and O–H groups in total. The summed E-state index contributed by atoms with van der Waals surface area (Å²) in [6.45, 7) is 9.36. The molecule has 0 aliphatic heterocycles. The number of aryl methyl sites for hydroxylation is 1. The second-order valence-corrected chi connectivity index (χ2v) is 6.76. The van der Waals surface area contributed by atoms with Crippen LogP contribution in [0.5, 0.6) is 0 Å². The van der Waals surface area contributed by atoms with Gasteiger partial charge in [-0.05, 0) is 25.7 Å². The fourth-order valence-electron chi connectivity index (χ4n) is 2.22. The van der Waals surface area contributed by atoms with Gasteiger partial charge in [-0.1, -0.05) is 13.8 Å². The second kappa shape index (κ2) is 7.16. The fraction of sp³-hybridized carbons (Fsp3) is 0.733. The lowest BCUT2D eigenvalue weighted by Crippen LogP contribution is -2.41. The van der Waals surface area contributed by atoms with Crippen LogP contribution in [0.1, 0.15) is 39.7 Å². The van der Waals surface area contributed by atoms with E-state index >= 15 is 0 Å². The van der Waals surface area contributed by atoms with Crippen LogP contribution in [0.25, 0.3) is 0 Å². The van der Waals surface area contributed by atoms with E-state index in [1.54, 1.807) is 17.8 Å². The Labute approximate surface area is 149 Å². The molecule has 1 aliphatic carbocycles. The fourth-order valence-corrected chi connectivity index (χ4v) is 2.22. The molecule has 0 spiro atoms. The van der Waals surface area contributed by atoms with Gasteiger partial charge in [-0.15, -0.1) is 24.0 Å². The van der Waals surface area contributed by atoms with E-state index in [4.69, 9.17) is 0 Å². The molecule has 2 rings (SSSR count). The average Bonchev–Trinajstić information content (AvgIpc) is 2.78. The first kappa shape index (κ1) is 19.2. The van der Waals surface area contributed by atoms with E-state index in [1.807, 2.05) is 20.2 Å². The number of aromatic nitrogens is 2. The molecule has 6 nitrogen and oxygen atoms in total. The van der Waals surface area contributed by atoms with E-state index in [-0.39, 0.29) is 24.0 Å². The Morgan fingerprint density at radius 1 is 1.59 bits per heavy atom. The highest BCUT2D eigenvalue weighted by molar-refractivity contribution is 14.0. The standard InChI is InChI=1S/C15H27N5O.HI/c1-6-16-13(19-12-7-14(12,2)3)17-10-15(4,21)11-8-18-20(5)9-11;/h8-9,12,21H,6-7,10H2,1-5H3,(H2,16,17,19);1H. The van der Waals surface area contributed by atoms with E-state index < -0.39 is 5.60 Å². The third-order valence-electron chi connectivity index (χ3n) is 4.04. The van der Waals surface area contributed by atoms with Crippen LogP contribution in [-0.4, -0.2) is 40.0 Å². The number of aliphatic hydroxyl groups is 1. The highest BCUT2D eigenvalue weighted by Crippen LogP contribution is 2.44. The van der Waals surface area contributed by atoms with Crippen molar-refractivity contribution in [2.75, 3.05) is 13.1 Å². The lowest BCUT2D eigenvalue weighted by molar-refractivity contribution is 0.0671. The molecule has 126 valence electrons. The molecule has 2 atom stereocenters. The molecule has 0 bridgehead atoms. The molecule has 7 heteroatoms. The van der Waals surface area contributed by atoms with Crippen molar-refractivity contribution in [2.24, 2.45) is 17.5 Å². The summed E-state index contributed by atoms with van der Waals surface area (Å²) in [6, 6.07) is 0.457. The third kappa shape index (κ3) is 4.84. The van der Waals surface area contributed by atoms with Crippen LogP contribution in [0.3, 0.4) is 0 Å². The van der Waals surface area contributed by atoms with Crippen molar-refractivity contribution in [3.8, 4) is 0 Å². The Hall–Kier alpha value is -0.830. The summed E-state index contributed by atoms with van der Waals surface area (Å²) >= 11 is 0. The van der Waals surface area contributed by atoms with E-state index in [2.05, 4.69) is 34.6 Å². The van der Waals surface area contributed by atoms with Crippen molar-refractivity contribution < 1.29 is 5.11 Å². The van der Waals surface area contributed by atoms with Crippen LogP contribution >= 0.6 is 24.0 Å². The summed E-state index contributed by atoms with van der Waals surface area (Å²) in [4.78, 5) is 4.52. The molecule has 1 aromatic rings. The number of rotatable bonds is 5. The van der Waals surface area contributed by atoms with Gasteiger partial charge in [0.1, 0.15) is 5.60 Å². The van der Waals surface area contributed by atoms with Crippen molar-refractivity contribution in [3.05, 3.63) is 18.0 Å². The van der Waals surface area contributed by atoms with E-state index in [0.717, 1.165) is 24.5 Å². The summed E-state index contributed by atoms with van der Waals surface area (Å²) in [5.74, 6) is 0.761. The number of halogens is 1. The zero-order valence-electron chi connectivity index (χ0n) is 14.1. The second-order valence-electron chi connectivity index (χ2n) is 6.76. The molecule has 0 radical (unpaired) electrons. The molecule has 1 aliphatic rings. The maximum Gasteiger partial charge on any atom is 0.191 e.